The first-order chi connectivity index (χ1) is 9.56. The minimum absolute atomic E-state index is 0.0736. The predicted octanol–water partition coefficient (Wildman–Crippen LogP) is 3.74. The number of unbranched alkanes of at least 4 members (excludes halogenated alkanes) is 2. The van der Waals surface area contributed by atoms with Gasteiger partial charge >= 0.3 is 0 Å². The minimum Gasteiger partial charge on any atom is -0.495 e. The standard InChI is InChI=1S/C14H19ClN2O2S/c1-3-4-5-6-13(18)17-14(20)16-10-7-8-12(19-2)11(15)9-10/h7-9H,3-6H2,1-2H3,(H2,16,17,18,20). The number of anilines is 1. The molecule has 1 amide bonds. The number of carbonyl (C=O) groups excluding carboxylic acids is 1. The van der Waals surface area contributed by atoms with Crippen LogP contribution in [0.5, 0.6) is 5.75 Å². The smallest absolute Gasteiger partial charge is 0.226 e. The van der Waals surface area contributed by atoms with Crippen molar-refractivity contribution in [1.82, 2.24) is 5.32 Å². The monoisotopic (exact) mass is 314 g/mol. The molecule has 0 aliphatic rings. The van der Waals surface area contributed by atoms with Crippen LogP contribution in [0, 0.1) is 0 Å². The molecule has 0 radical (unpaired) electrons. The lowest BCUT2D eigenvalue weighted by atomic mass is 10.2. The van der Waals surface area contributed by atoms with E-state index in [1.54, 1.807) is 25.3 Å². The largest absolute Gasteiger partial charge is 0.495 e. The van der Waals surface area contributed by atoms with Gasteiger partial charge < -0.3 is 15.4 Å². The quantitative estimate of drug-likeness (QED) is 0.620. The van der Waals surface area contributed by atoms with E-state index in [4.69, 9.17) is 28.6 Å². The lowest BCUT2D eigenvalue weighted by molar-refractivity contribution is -0.119. The Bertz CT molecular complexity index is 480. The lowest BCUT2D eigenvalue weighted by Gasteiger charge is -2.11. The van der Waals surface area contributed by atoms with Crippen LogP contribution in [0.3, 0.4) is 0 Å². The highest BCUT2D eigenvalue weighted by Crippen LogP contribution is 2.27. The van der Waals surface area contributed by atoms with Crippen LogP contribution < -0.4 is 15.4 Å². The molecule has 1 aromatic carbocycles. The van der Waals surface area contributed by atoms with Gasteiger partial charge in [-0.2, -0.15) is 0 Å². The van der Waals surface area contributed by atoms with Crippen molar-refractivity contribution in [3.8, 4) is 5.75 Å². The highest BCUT2D eigenvalue weighted by atomic mass is 35.5. The molecule has 0 aliphatic heterocycles. The fraction of sp³-hybridized carbons (Fsp3) is 0.429. The van der Waals surface area contributed by atoms with Gasteiger partial charge in [0.25, 0.3) is 0 Å². The first-order valence-electron chi connectivity index (χ1n) is 6.51. The molecule has 1 rings (SSSR count). The minimum atomic E-state index is -0.0736. The highest BCUT2D eigenvalue weighted by molar-refractivity contribution is 7.80. The average Bonchev–Trinajstić information content (AvgIpc) is 2.39. The molecule has 6 heteroatoms. The van der Waals surface area contributed by atoms with Crippen molar-refractivity contribution in [2.45, 2.75) is 32.6 Å². The number of ether oxygens (including phenoxy) is 1. The predicted molar refractivity (Wildman–Crippen MR) is 86.5 cm³/mol. The van der Waals surface area contributed by atoms with E-state index in [1.165, 1.54) is 0 Å². The molecule has 4 nitrogen and oxygen atoms in total. The maximum Gasteiger partial charge on any atom is 0.226 e. The van der Waals surface area contributed by atoms with Crippen LogP contribution in [0.1, 0.15) is 32.6 Å². The van der Waals surface area contributed by atoms with Crippen molar-refractivity contribution in [2.24, 2.45) is 0 Å². The van der Waals surface area contributed by atoms with E-state index < -0.39 is 0 Å². The van der Waals surface area contributed by atoms with Gasteiger partial charge in [-0.15, -0.1) is 0 Å². The van der Waals surface area contributed by atoms with Crippen molar-refractivity contribution in [1.29, 1.82) is 0 Å². The molecule has 0 heterocycles. The van der Waals surface area contributed by atoms with Gasteiger partial charge in [-0.25, -0.2) is 0 Å². The molecule has 2 N–H and O–H groups in total. The first-order valence-corrected chi connectivity index (χ1v) is 7.29. The summed E-state index contributed by atoms with van der Waals surface area (Å²) in [7, 11) is 1.55. The van der Waals surface area contributed by atoms with E-state index in [1.807, 2.05) is 0 Å². The maximum absolute atomic E-state index is 11.6. The number of benzene rings is 1. The molecule has 0 unspecified atom stereocenters. The van der Waals surface area contributed by atoms with Crippen LogP contribution in [-0.2, 0) is 4.79 Å². The normalized spacial score (nSPS) is 9.95. The summed E-state index contributed by atoms with van der Waals surface area (Å²) < 4.78 is 5.06. The Morgan fingerprint density at radius 2 is 2.15 bits per heavy atom. The number of amides is 1. The summed E-state index contributed by atoms with van der Waals surface area (Å²) in [6, 6.07) is 5.20. The molecular formula is C14H19ClN2O2S. The zero-order valence-corrected chi connectivity index (χ0v) is 13.2. The van der Waals surface area contributed by atoms with Gasteiger partial charge in [-0.3, -0.25) is 4.79 Å². The van der Waals surface area contributed by atoms with Crippen LogP contribution in [0.25, 0.3) is 0 Å². The molecule has 0 saturated carbocycles. The van der Waals surface area contributed by atoms with Gasteiger partial charge in [0, 0.05) is 12.1 Å². The molecule has 0 fully saturated rings. The summed E-state index contributed by atoms with van der Waals surface area (Å²) >= 11 is 11.1. The molecule has 0 spiro atoms. The molecule has 0 aromatic heterocycles. The van der Waals surface area contributed by atoms with E-state index in [2.05, 4.69) is 17.6 Å². The third kappa shape index (κ3) is 5.75. The average molecular weight is 315 g/mol. The number of methoxy groups -OCH3 is 1. The van der Waals surface area contributed by atoms with E-state index in [9.17, 15) is 4.79 Å². The Balaban J connectivity index is 2.46. The van der Waals surface area contributed by atoms with E-state index in [0.717, 1.165) is 19.3 Å². The number of thiocarbonyl (C=S) groups is 1. The summed E-state index contributed by atoms with van der Waals surface area (Å²) in [6.45, 7) is 2.09. The number of hydrogen-bond donors (Lipinski definition) is 2. The van der Waals surface area contributed by atoms with Gasteiger partial charge in [-0.1, -0.05) is 31.4 Å². The highest BCUT2D eigenvalue weighted by Gasteiger charge is 2.06. The van der Waals surface area contributed by atoms with Gasteiger partial charge in [-0.05, 0) is 36.8 Å². The van der Waals surface area contributed by atoms with Crippen molar-refractivity contribution in [2.75, 3.05) is 12.4 Å². The Morgan fingerprint density at radius 1 is 1.40 bits per heavy atom. The molecule has 20 heavy (non-hydrogen) atoms. The maximum atomic E-state index is 11.6. The van der Waals surface area contributed by atoms with Gasteiger partial charge in [0.1, 0.15) is 5.75 Å². The SMILES string of the molecule is CCCCCC(=O)NC(=S)Nc1ccc(OC)c(Cl)c1. The summed E-state index contributed by atoms with van der Waals surface area (Å²) in [4.78, 5) is 11.6. The molecule has 1 aromatic rings. The third-order valence-corrected chi connectivity index (χ3v) is 3.17. The van der Waals surface area contributed by atoms with Crippen molar-refractivity contribution in [3.63, 3.8) is 0 Å². The topological polar surface area (TPSA) is 50.4 Å². The number of rotatable bonds is 6. The fourth-order valence-corrected chi connectivity index (χ4v) is 2.12. The lowest BCUT2D eigenvalue weighted by Crippen LogP contribution is -2.33. The zero-order valence-electron chi connectivity index (χ0n) is 11.7. The number of hydrogen-bond acceptors (Lipinski definition) is 3. The van der Waals surface area contributed by atoms with Gasteiger partial charge in [0.05, 0.1) is 12.1 Å². The van der Waals surface area contributed by atoms with Crippen LogP contribution in [0.15, 0.2) is 18.2 Å². The van der Waals surface area contributed by atoms with Gasteiger partial charge in [0.15, 0.2) is 5.11 Å². The summed E-state index contributed by atoms with van der Waals surface area (Å²) in [6.07, 6.45) is 3.49. The van der Waals surface area contributed by atoms with E-state index in [-0.39, 0.29) is 11.0 Å². The van der Waals surface area contributed by atoms with Crippen LogP contribution in [-0.4, -0.2) is 18.1 Å². The Morgan fingerprint density at radius 3 is 2.75 bits per heavy atom. The molecule has 0 atom stereocenters. The first kappa shape index (κ1) is 16.7. The second-order valence-corrected chi connectivity index (χ2v) is 5.12. The molecule has 0 saturated heterocycles. The van der Waals surface area contributed by atoms with Crippen LogP contribution >= 0.6 is 23.8 Å². The fourth-order valence-electron chi connectivity index (χ4n) is 1.63. The Hall–Kier alpha value is -1.33. The van der Waals surface area contributed by atoms with Crippen LogP contribution in [0.2, 0.25) is 5.02 Å². The van der Waals surface area contributed by atoms with Crippen molar-refractivity contribution in [3.05, 3.63) is 23.2 Å². The molecule has 0 bridgehead atoms. The summed E-state index contributed by atoms with van der Waals surface area (Å²) in [5.41, 5.74) is 0.703. The number of halogens is 1. The second-order valence-electron chi connectivity index (χ2n) is 4.31. The summed E-state index contributed by atoms with van der Waals surface area (Å²) in [5.74, 6) is 0.516. The Labute approximate surface area is 129 Å². The number of nitrogens with one attached hydrogen (secondary N) is 2. The van der Waals surface area contributed by atoms with Crippen molar-refractivity contribution >= 4 is 40.5 Å². The summed E-state index contributed by atoms with van der Waals surface area (Å²) in [5, 5.41) is 6.31. The molecular weight excluding hydrogens is 296 g/mol. The third-order valence-electron chi connectivity index (χ3n) is 2.67. The van der Waals surface area contributed by atoms with E-state index in [0.29, 0.717) is 22.9 Å². The van der Waals surface area contributed by atoms with E-state index >= 15 is 0 Å². The molecule has 110 valence electrons. The zero-order chi connectivity index (χ0) is 15.0. The number of carbonyl (C=O) groups is 1. The molecule has 0 aliphatic carbocycles. The van der Waals surface area contributed by atoms with Gasteiger partial charge in [0.2, 0.25) is 5.91 Å². The Kier molecular flexibility index (Phi) is 7.33. The van der Waals surface area contributed by atoms with Crippen molar-refractivity contribution < 1.29 is 9.53 Å². The second kappa shape index (κ2) is 8.76. The van der Waals surface area contributed by atoms with Crippen LogP contribution in [0.4, 0.5) is 5.69 Å².